The lowest BCUT2D eigenvalue weighted by molar-refractivity contribution is -0.143. The molecule has 0 aromatic heterocycles. The number of aliphatic hydroxyl groups excluding tert-OH is 1. The first-order chi connectivity index (χ1) is 42.0. The third-order valence-corrected chi connectivity index (χ3v) is 16.3. The molecule has 0 spiro atoms. The van der Waals surface area contributed by atoms with Crippen molar-refractivity contribution in [2.45, 2.75) is 148 Å². The Balaban J connectivity index is 1.85. The number of nitrogens with one attached hydrogen (secondary N) is 4. The second-order valence-corrected chi connectivity index (χ2v) is 24.5. The number of nitrogens with two attached hydrogens (primary N) is 2. The molecule has 0 fully saturated rings. The fourth-order valence-corrected chi connectivity index (χ4v) is 10.6. The van der Waals surface area contributed by atoms with Gasteiger partial charge in [0.25, 0.3) is 0 Å². The maximum absolute atomic E-state index is 14.7. The molecular formula is C65H91N9O14S. The van der Waals surface area contributed by atoms with E-state index in [1.807, 2.05) is 50.2 Å². The zero-order valence-corrected chi connectivity index (χ0v) is 53.7. The molecule has 0 unspecified atom stereocenters. The van der Waals surface area contributed by atoms with E-state index in [0.29, 0.717) is 5.56 Å². The van der Waals surface area contributed by atoms with Crippen molar-refractivity contribution in [3.63, 3.8) is 0 Å². The number of Topliss-reactive ketones (excluding diaryl/α,β-unsaturated/α-hetero) is 4. The highest BCUT2D eigenvalue weighted by atomic mass is 32.2. The van der Waals surface area contributed by atoms with Gasteiger partial charge in [-0.25, -0.2) is 0 Å². The average molecular weight is 1250 g/mol. The van der Waals surface area contributed by atoms with Crippen LogP contribution in [0.1, 0.15) is 110 Å². The molecule has 23 nitrogen and oxygen atoms in total. The Hall–Kier alpha value is -7.96. The van der Waals surface area contributed by atoms with Crippen molar-refractivity contribution in [1.29, 1.82) is 0 Å². The van der Waals surface area contributed by atoms with Crippen LogP contribution in [0.2, 0.25) is 0 Å². The van der Waals surface area contributed by atoms with Gasteiger partial charge in [0.2, 0.25) is 47.3 Å². The second-order valence-electron chi connectivity index (χ2n) is 23.4. The van der Waals surface area contributed by atoms with E-state index in [4.69, 9.17) is 11.5 Å². The van der Waals surface area contributed by atoms with Gasteiger partial charge >= 0.3 is 0 Å². The minimum absolute atomic E-state index is 0.0323. The maximum atomic E-state index is 14.7. The molecule has 0 aliphatic heterocycles. The summed E-state index contributed by atoms with van der Waals surface area (Å²) >= 11 is 0.895. The van der Waals surface area contributed by atoms with Gasteiger partial charge in [0, 0.05) is 83.2 Å². The lowest BCUT2D eigenvalue weighted by Gasteiger charge is -2.31. The molecule has 0 aliphatic carbocycles. The first kappa shape index (κ1) is 75.3. The number of carbonyl (C=O) groups is 13. The van der Waals surface area contributed by atoms with Gasteiger partial charge in [-0.05, 0) is 54.7 Å². The van der Waals surface area contributed by atoms with E-state index in [2.05, 4.69) is 21.3 Å². The molecule has 486 valence electrons. The van der Waals surface area contributed by atoms with E-state index in [1.165, 1.54) is 44.8 Å². The zero-order chi connectivity index (χ0) is 66.7. The number of primary amides is 1. The van der Waals surface area contributed by atoms with Gasteiger partial charge in [-0.1, -0.05) is 144 Å². The number of nitrogens with zero attached hydrogens (tertiary/aromatic N) is 3. The second kappa shape index (κ2) is 37.8. The number of hydrogen-bond donors (Lipinski definition) is 7. The average Bonchev–Trinajstić information content (AvgIpc) is 3.66. The van der Waals surface area contributed by atoms with E-state index in [-0.39, 0.29) is 68.9 Å². The summed E-state index contributed by atoms with van der Waals surface area (Å²) in [5, 5.41) is 19.4. The fourth-order valence-electron chi connectivity index (χ4n) is 9.84. The third-order valence-electron chi connectivity index (χ3n) is 15.4. The van der Waals surface area contributed by atoms with E-state index >= 15 is 0 Å². The van der Waals surface area contributed by atoms with E-state index in [1.54, 1.807) is 75.4 Å². The molecule has 3 rings (SSSR count). The number of ketones is 4. The number of likely N-dealkylation sites (N-methyl/N-ethyl adjacent to an activating group) is 3. The van der Waals surface area contributed by atoms with Crippen molar-refractivity contribution in [3.8, 4) is 0 Å². The standard InChI is InChI=1S/C65H91N9O14S/c1-39(2)28-51(73(9)57(81)27-26-53(77)52(32-45-22-16-12-17-23-45)74(10)64(87)42(6)29-48(76)35-66)54(78)30-41(5)60(83)71-59(40(3)4)55(79)33-47(31-44-20-14-11-15-21-44)62(85)69-49(34-58(82)89-38-46-24-18-13-19-25-46)65(88)72(8)43(7)61(84)70-50(37-75)63(86)68-36-56(67)80/h11-25,39-43,47,49-52,59,75H,26-38,66H2,1-10H3,(H2,67,80)(H,68,86)(H,69,85)(H,70,84)(H,71,83)/t41-,42-,43+,47-,49+,50+,51+,52+,59+/m1/s1. The fraction of sp³-hybridized carbons (Fsp3) is 0.523. The van der Waals surface area contributed by atoms with Crippen molar-refractivity contribution in [2.75, 3.05) is 40.8 Å². The van der Waals surface area contributed by atoms with Crippen LogP contribution in [0.25, 0.3) is 0 Å². The van der Waals surface area contributed by atoms with Crippen molar-refractivity contribution >= 4 is 87.3 Å². The summed E-state index contributed by atoms with van der Waals surface area (Å²) in [4.78, 5) is 180. The molecule has 0 radical (unpaired) electrons. The molecule has 0 saturated heterocycles. The Bertz CT molecular complexity index is 2910. The predicted molar refractivity (Wildman–Crippen MR) is 336 cm³/mol. The Kier molecular flexibility index (Phi) is 32.0. The number of rotatable bonds is 39. The number of aliphatic hydroxyl groups is 1. The first-order valence-corrected chi connectivity index (χ1v) is 30.9. The van der Waals surface area contributed by atoms with Crippen LogP contribution in [-0.4, -0.2) is 172 Å². The first-order valence-electron chi connectivity index (χ1n) is 29.9. The molecule has 3 aromatic rings. The van der Waals surface area contributed by atoms with Crippen LogP contribution in [0.4, 0.5) is 0 Å². The maximum Gasteiger partial charge on any atom is 0.246 e. The Labute approximate surface area is 526 Å². The largest absolute Gasteiger partial charge is 0.394 e. The lowest BCUT2D eigenvalue weighted by Crippen LogP contribution is -2.58. The van der Waals surface area contributed by atoms with E-state index < -0.39 is 156 Å². The highest BCUT2D eigenvalue weighted by Gasteiger charge is 2.38. The normalized spacial score (nSPS) is 14.2. The highest BCUT2D eigenvalue weighted by Crippen LogP contribution is 2.23. The van der Waals surface area contributed by atoms with Crippen LogP contribution in [0, 0.1) is 29.6 Å². The van der Waals surface area contributed by atoms with E-state index in [9.17, 15) is 67.4 Å². The Morgan fingerprint density at radius 2 is 1.09 bits per heavy atom. The molecular weight excluding hydrogens is 1160 g/mol. The number of hydrogen-bond acceptors (Lipinski definition) is 16. The van der Waals surface area contributed by atoms with Crippen molar-refractivity contribution in [1.82, 2.24) is 36.0 Å². The molecule has 0 saturated carbocycles. The third kappa shape index (κ3) is 25.2. The molecule has 8 amide bonds. The van der Waals surface area contributed by atoms with Crippen LogP contribution in [0.15, 0.2) is 91.0 Å². The smallest absolute Gasteiger partial charge is 0.246 e. The molecule has 0 aliphatic rings. The number of benzene rings is 3. The van der Waals surface area contributed by atoms with Gasteiger partial charge in [0.05, 0.1) is 37.8 Å². The lowest BCUT2D eigenvalue weighted by atomic mass is 9.87. The Morgan fingerprint density at radius 1 is 0.539 bits per heavy atom. The summed E-state index contributed by atoms with van der Waals surface area (Å²) in [7, 11) is 4.19. The minimum Gasteiger partial charge on any atom is -0.394 e. The van der Waals surface area contributed by atoms with Crippen molar-refractivity contribution in [2.24, 2.45) is 41.1 Å². The summed E-state index contributed by atoms with van der Waals surface area (Å²) in [5.74, 6) is -11.1. The predicted octanol–water partition coefficient (Wildman–Crippen LogP) is 2.65. The summed E-state index contributed by atoms with van der Waals surface area (Å²) < 4.78 is 0. The molecule has 3 aromatic carbocycles. The molecule has 24 heteroatoms. The summed E-state index contributed by atoms with van der Waals surface area (Å²) in [6, 6.07) is 19.1. The monoisotopic (exact) mass is 1250 g/mol. The SMILES string of the molecule is CC(C)C[C@@H](C(=O)C[C@@H](C)C(=O)N[C@H](C(=O)C[C@@H](Cc1ccccc1)C(=O)N[C@@H](CC(=O)SCc1ccccc1)C(=O)N(C)[C@@H](C)C(=O)N[C@@H](CO)C(=O)NCC(N)=O)C(C)C)N(C)C(=O)CCC(=O)[C@H](Cc1ccccc1)N(C)C(=O)[C@H](C)CC(=O)CN. The highest BCUT2D eigenvalue weighted by molar-refractivity contribution is 8.12. The van der Waals surface area contributed by atoms with Gasteiger partial charge in [0.1, 0.15) is 23.9 Å². The summed E-state index contributed by atoms with van der Waals surface area (Å²) in [6.07, 6.45) is -1.68. The van der Waals surface area contributed by atoms with Crippen LogP contribution in [0.5, 0.6) is 0 Å². The Morgan fingerprint density at radius 3 is 1.62 bits per heavy atom. The van der Waals surface area contributed by atoms with Crippen LogP contribution in [-0.2, 0) is 80.9 Å². The number of amides is 8. The molecule has 9 N–H and O–H groups in total. The zero-order valence-electron chi connectivity index (χ0n) is 52.9. The molecule has 89 heavy (non-hydrogen) atoms. The van der Waals surface area contributed by atoms with Gasteiger partial charge in [-0.3, -0.25) is 62.3 Å². The van der Waals surface area contributed by atoms with Gasteiger partial charge in [-0.2, -0.15) is 0 Å². The summed E-state index contributed by atoms with van der Waals surface area (Å²) in [5.41, 5.74) is 12.8. The molecule has 0 bridgehead atoms. The van der Waals surface area contributed by atoms with Gasteiger partial charge in [0.15, 0.2) is 22.5 Å². The molecule has 0 heterocycles. The van der Waals surface area contributed by atoms with Crippen molar-refractivity contribution in [3.05, 3.63) is 108 Å². The quantitative estimate of drug-likeness (QED) is 0.0432. The van der Waals surface area contributed by atoms with Crippen molar-refractivity contribution < 1.29 is 67.4 Å². The van der Waals surface area contributed by atoms with Crippen LogP contribution in [0.3, 0.4) is 0 Å². The van der Waals surface area contributed by atoms with E-state index in [0.717, 1.165) is 27.8 Å². The molecule has 9 atom stereocenters. The number of thioether (sulfide) groups is 1. The number of carbonyl (C=O) groups excluding carboxylic acids is 13. The van der Waals surface area contributed by atoms with Gasteiger partial charge in [-0.15, -0.1) is 0 Å². The topological polar surface area (TPSA) is 352 Å². The minimum atomic E-state index is -1.59. The van der Waals surface area contributed by atoms with Crippen LogP contribution >= 0.6 is 11.8 Å². The van der Waals surface area contributed by atoms with Gasteiger partial charge < -0.3 is 52.5 Å². The van der Waals surface area contributed by atoms with Crippen LogP contribution < -0.4 is 32.7 Å². The summed E-state index contributed by atoms with van der Waals surface area (Å²) in [6.45, 7) is 9.85.